The first kappa shape index (κ1) is 11.3. The molecule has 1 aliphatic heterocycles. The highest BCUT2D eigenvalue weighted by atomic mass is 32.2. The molecule has 2 rings (SSSR count). The first-order chi connectivity index (χ1) is 7.48. The topological polar surface area (TPSA) is 5.90 Å². The molecule has 0 aliphatic carbocycles. The van der Waals surface area contributed by atoms with Crippen molar-refractivity contribution in [3.8, 4) is 0 Å². The van der Waals surface area contributed by atoms with Gasteiger partial charge in [-0.15, -0.1) is 0 Å². The molecule has 0 unspecified atom stereocenters. The highest BCUT2D eigenvalue weighted by Crippen LogP contribution is 2.27. The summed E-state index contributed by atoms with van der Waals surface area (Å²) in [7, 11) is 0. The number of pyridine rings is 1. The van der Waals surface area contributed by atoms with E-state index in [1.165, 1.54) is 15.8 Å². The maximum Gasteiger partial charge on any atom is 0.204 e. The van der Waals surface area contributed by atoms with Crippen molar-refractivity contribution in [3.63, 3.8) is 0 Å². The van der Waals surface area contributed by atoms with Crippen molar-refractivity contribution >= 4 is 16.7 Å². The van der Waals surface area contributed by atoms with Crippen molar-refractivity contribution in [3.05, 3.63) is 53.9 Å². The monoisotopic (exact) mass is 231 g/mol. The van der Waals surface area contributed by atoms with E-state index in [9.17, 15) is 0 Å². The molecule has 0 N–H and O–H groups in total. The van der Waals surface area contributed by atoms with Gasteiger partial charge in [0.2, 0.25) is 5.35 Å². The Labute approximate surface area is 101 Å². The van der Waals surface area contributed by atoms with Crippen molar-refractivity contribution in [2.75, 3.05) is 0 Å². The number of hydrogen-bond donors (Lipinski definition) is 0. The van der Waals surface area contributed by atoms with Crippen LogP contribution in [0.5, 0.6) is 0 Å². The van der Waals surface area contributed by atoms with E-state index in [1.807, 2.05) is 10.4 Å². The first-order valence-electron chi connectivity index (χ1n) is 5.39. The lowest BCUT2D eigenvalue weighted by Crippen LogP contribution is -2.37. The number of rotatable bonds is 0. The minimum Gasteiger partial charge on any atom is -0.217 e. The van der Waals surface area contributed by atoms with Gasteiger partial charge in [-0.3, -0.25) is 0 Å². The number of hydrogen-bond acceptors (Lipinski definition) is 1. The molecular weight excluding hydrogens is 214 g/mol. The summed E-state index contributed by atoms with van der Waals surface area (Å²) in [5, 5.41) is 1.18. The normalized spacial score (nSPS) is 18.7. The van der Waals surface area contributed by atoms with Gasteiger partial charge in [0.05, 0.1) is 0 Å². The molecule has 1 nitrogen and oxygen atoms in total. The van der Waals surface area contributed by atoms with Gasteiger partial charge in [-0.25, -0.2) is 17.8 Å². The second kappa shape index (κ2) is 4.02. The zero-order valence-corrected chi connectivity index (χ0v) is 10.8. The Morgan fingerprint density at radius 3 is 2.69 bits per heavy atom. The quantitative estimate of drug-likeness (QED) is 0.491. The second-order valence-electron chi connectivity index (χ2n) is 5.00. The summed E-state index contributed by atoms with van der Waals surface area (Å²) in [6.45, 7) is 10.7. The Kier molecular flexibility index (Phi) is 2.85. The SMILES string of the molecule is C=[n+]1ccc(C(C)(C)C)cc1=C1C=C[CH-]S1. The van der Waals surface area contributed by atoms with Crippen molar-refractivity contribution in [2.24, 2.45) is 0 Å². The summed E-state index contributed by atoms with van der Waals surface area (Å²) >= 11 is 1.75. The van der Waals surface area contributed by atoms with Crippen LogP contribution in [-0.4, -0.2) is 0 Å². The van der Waals surface area contributed by atoms with E-state index < -0.39 is 0 Å². The van der Waals surface area contributed by atoms with E-state index in [1.54, 1.807) is 11.8 Å². The van der Waals surface area contributed by atoms with Crippen LogP contribution in [0.3, 0.4) is 0 Å². The molecule has 1 aliphatic rings. The van der Waals surface area contributed by atoms with Crippen LogP contribution in [0, 0.1) is 12.5 Å². The summed E-state index contributed by atoms with van der Waals surface area (Å²) in [5.74, 6) is 2.10. The summed E-state index contributed by atoms with van der Waals surface area (Å²) in [6, 6.07) is 4.38. The summed E-state index contributed by atoms with van der Waals surface area (Å²) < 4.78 is 1.93. The van der Waals surface area contributed by atoms with Crippen LogP contribution < -0.4 is 9.59 Å². The van der Waals surface area contributed by atoms with Gasteiger partial charge in [0.15, 0.2) is 6.20 Å². The Hall–Kier alpha value is -1.15. The third-order valence-electron chi connectivity index (χ3n) is 2.68. The van der Waals surface area contributed by atoms with Gasteiger partial charge in [-0.05, 0) is 15.9 Å². The molecule has 2 heterocycles. The van der Waals surface area contributed by atoms with Crippen LogP contribution in [0.2, 0.25) is 0 Å². The zero-order chi connectivity index (χ0) is 11.8. The summed E-state index contributed by atoms with van der Waals surface area (Å²) in [6.07, 6.45) is 6.24. The van der Waals surface area contributed by atoms with E-state index in [0.29, 0.717) is 0 Å². The van der Waals surface area contributed by atoms with Gasteiger partial charge in [0.1, 0.15) is 6.72 Å². The molecule has 0 radical (unpaired) electrons. The lowest BCUT2D eigenvalue weighted by atomic mass is 9.88. The van der Waals surface area contributed by atoms with Gasteiger partial charge in [0, 0.05) is 12.1 Å². The Morgan fingerprint density at radius 2 is 2.12 bits per heavy atom. The summed E-state index contributed by atoms with van der Waals surface area (Å²) in [4.78, 5) is 1.26. The average molecular weight is 231 g/mol. The molecule has 0 aromatic carbocycles. The third kappa shape index (κ3) is 2.17. The Bertz CT molecular complexity index is 535. The van der Waals surface area contributed by atoms with Gasteiger partial charge in [-0.1, -0.05) is 20.8 Å². The third-order valence-corrected chi connectivity index (χ3v) is 3.57. The second-order valence-corrected chi connectivity index (χ2v) is 5.95. The van der Waals surface area contributed by atoms with Gasteiger partial charge < -0.3 is 0 Å². The summed E-state index contributed by atoms with van der Waals surface area (Å²) in [5.41, 5.74) is 1.52. The highest BCUT2D eigenvalue weighted by Gasteiger charge is 2.15. The van der Waals surface area contributed by atoms with Crippen LogP contribution in [0.1, 0.15) is 26.3 Å². The van der Waals surface area contributed by atoms with Gasteiger partial charge >= 0.3 is 0 Å². The van der Waals surface area contributed by atoms with Crippen LogP contribution in [0.15, 0.2) is 30.5 Å². The standard InChI is InChI=1S/C14H17NS/c1-14(2,3)11-7-8-15(4)12(10-11)13-6-5-9-16-13/h5-10H,4H2,1-3H3. The van der Waals surface area contributed by atoms with Crippen molar-refractivity contribution in [2.45, 2.75) is 26.2 Å². The number of aromatic nitrogens is 1. The molecule has 0 fully saturated rings. The Morgan fingerprint density at radius 1 is 1.38 bits per heavy atom. The fraction of sp³-hybridized carbons (Fsp3) is 0.286. The lowest BCUT2D eigenvalue weighted by molar-refractivity contribution is -0.514. The minimum atomic E-state index is 0.181. The van der Waals surface area contributed by atoms with Crippen LogP contribution in [0.4, 0.5) is 0 Å². The molecule has 84 valence electrons. The van der Waals surface area contributed by atoms with E-state index in [2.05, 4.69) is 57.5 Å². The molecule has 0 amide bonds. The molecule has 0 bridgehead atoms. The fourth-order valence-electron chi connectivity index (χ4n) is 1.63. The molecule has 16 heavy (non-hydrogen) atoms. The first-order valence-corrected chi connectivity index (χ1v) is 6.27. The predicted molar refractivity (Wildman–Crippen MR) is 70.2 cm³/mol. The van der Waals surface area contributed by atoms with E-state index >= 15 is 0 Å². The smallest absolute Gasteiger partial charge is 0.204 e. The number of thioether (sulfide) groups is 1. The lowest BCUT2D eigenvalue weighted by Gasteiger charge is -2.17. The molecular formula is C14H17NS. The predicted octanol–water partition coefficient (Wildman–Crippen LogP) is 2.48. The fourth-order valence-corrected chi connectivity index (χ4v) is 2.39. The van der Waals surface area contributed by atoms with E-state index in [-0.39, 0.29) is 5.41 Å². The number of nitrogens with zero attached hydrogens (tertiary/aromatic N) is 1. The van der Waals surface area contributed by atoms with Crippen LogP contribution in [0.25, 0.3) is 4.91 Å². The highest BCUT2D eigenvalue weighted by molar-refractivity contribution is 8.10. The molecule has 0 atom stereocenters. The Balaban J connectivity index is 2.67. The van der Waals surface area contributed by atoms with Gasteiger partial charge in [-0.2, -0.15) is 16.1 Å². The zero-order valence-electron chi connectivity index (χ0n) is 10.0. The maximum atomic E-state index is 4.02. The molecule has 2 heteroatoms. The molecule has 0 spiro atoms. The largest absolute Gasteiger partial charge is 0.217 e. The molecule has 0 saturated heterocycles. The molecule has 1 aromatic heterocycles. The maximum absolute atomic E-state index is 4.02. The van der Waals surface area contributed by atoms with Crippen LogP contribution in [-0.2, 0) is 5.41 Å². The van der Waals surface area contributed by atoms with Crippen molar-refractivity contribution < 1.29 is 4.24 Å². The van der Waals surface area contributed by atoms with E-state index in [0.717, 1.165) is 0 Å². The van der Waals surface area contributed by atoms with Crippen LogP contribution >= 0.6 is 11.8 Å². The van der Waals surface area contributed by atoms with Crippen molar-refractivity contribution in [1.29, 1.82) is 0 Å². The van der Waals surface area contributed by atoms with Crippen molar-refractivity contribution in [1.82, 2.24) is 0 Å². The molecule has 0 saturated carbocycles. The van der Waals surface area contributed by atoms with Gasteiger partial charge in [0.25, 0.3) is 0 Å². The molecule has 1 aromatic rings. The van der Waals surface area contributed by atoms with E-state index in [4.69, 9.17) is 0 Å². The minimum absolute atomic E-state index is 0.181. The average Bonchev–Trinajstić information content (AvgIpc) is 2.69.